The molecule has 126 valence electrons. The first-order valence-corrected chi connectivity index (χ1v) is 8.01. The smallest absolute Gasteiger partial charge is 0.233 e. The Hall–Kier alpha value is -2.99. The van der Waals surface area contributed by atoms with Gasteiger partial charge < -0.3 is 10.6 Å². The fraction of sp³-hybridized carbons (Fsp3) is 0.111. The van der Waals surface area contributed by atoms with Gasteiger partial charge in [0.05, 0.1) is 0 Å². The van der Waals surface area contributed by atoms with Crippen molar-refractivity contribution in [2.24, 2.45) is 0 Å². The van der Waals surface area contributed by atoms with Crippen molar-refractivity contribution in [1.29, 1.82) is 0 Å². The highest BCUT2D eigenvalue weighted by molar-refractivity contribution is 6.28. The van der Waals surface area contributed by atoms with E-state index in [1.54, 1.807) is 24.3 Å². The minimum Gasteiger partial charge on any atom is -0.324 e. The molecule has 1 heterocycles. The lowest BCUT2D eigenvalue weighted by Crippen LogP contribution is -2.04. The van der Waals surface area contributed by atoms with E-state index < -0.39 is 0 Å². The van der Waals surface area contributed by atoms with Crippen molar-refractivity contribution in [2.45, 2.75) is 13.8 Å². The Kier molecular flexibility index (Phi) is 4.90. The van der Waals surface area contributed by atoms with Crippen LogP contribution in [0, 0.1) is 6.92 Å². The average molecular weight is 354 g/mol. The predicted octanol–water partition coefficient (Wildman–Crippen LogP) is 4.52. The van der Waals surface area contributed by atoms with Crippen molar-refractivity contribution in [3.8, 4) is 0 Å². The third-order valence-corrected chi connectivity index (χ3v) is 3.63. The number of benzene rings is 2. The highest BCUT2D eigenvalue weighted by Gasteiger charge is 2.07. The number of anilines is 4. The molecule has 0 saturated heterocycles. The molecule has 2 N–H and O–H groups in total. The monoisotopic (exact) mass is 353 g/mol. The molecule has 6 nitrogen and oxygen atoms in total. The number of nitrogens with one attached hydrogen (secondary N) is 2. The summed E-state index contributed by atoms with van der Waals surface area (Å²) in [5, 5.41) is 6.22. The zero-order valence-corrected chi connectivity index (χ0v) is 14.5. The number of hydrogen-bond donors (Lipinski definition) is 2. The summed E-state index contributed by atoms with van der Waals surface area (Å²) in [5.41, 5.74) is 3.40. The van der Waals surface area contributed by atoms with Crippen LogP contribution in [0.2, 0.25) is 5.28 Å². The first kappa shape index (κ1) is 16.9. The third kappa shape index (κ3) is 4.51. The van der Waals surface area contributed by atoms with Crippen molar-refractivity contribution < 1.29 is 4.79 Å². The average Bonchev–Trinajstić information content (AvgIpc) is 2.57. The largest absolute Gasteiger partial charge is 0.324 e. The van der Waals surface area contributed by atoms with Gasteiger partial charge in [-0.05, 0) is 61.8 Å². The molecule has 3 rings (SSSR count). The third-order valence-electron chi connectivity index (χ3n) is 3.46. The molecule has 0 bridgehead atoms. The van der Waals surface area contributed by atoms with Gasteiger partial charge in [-0.1, -0.05) is 17.7 Å². The van der Waals surface area contributed by atoms with Crippen molar-refractivity contribution >= 4 is 40.7 Å². The Labute approximate surface area is 150 Å². The first-order valence-electron chi connectivity index (χ1n) is 7.63. The molecule has 3 aromatic rings. The summed E-state index contributed by atoms with van der Waals surface area (Å²) in [5.74, 6) is 0.663. The van der Waals surface area contributed by atoms with Gasteiger partial charge in [-0.2, -0.15) is 15.0 Å². The molecule has 25 heavy (non-hydrogen) atoms. The molecule has 0 unspecified atom stereocenters. The molecule has 0 spiro atoms. The van der Waals surface area contributed by atoms with Crippen LogP contribution in [0.1, 0.15) is 22.8 Å². The normalized spacial score (nSPS) is 10.4. The van der Waals surface area contributed by atoms with Crippen LogP contribution in [0.15, 0.2) is 48.5 Å². The molecule has 0 saturated carbocycles. The van der Waals surface area contributed by atoms with Gasteiger partial charge in [0, 0.05) is 16.9 Å². The summed E-state index contributed by atoms with van der Waals surface area (Å²) < 4.78 is 0. The van der Waals surface area contributed by atoms with Crippen LogP contribution in [0.5, 0.6) is 0 Å². The molecular formula is C18H16ClN5O. The molecule has 0 aliphatic carbocycles. The van der Waals surface area contributed by atoms with E-state index in [1.165, 1.54) is 6.92 Å². The molecule has 1 aromatic heterocycles. The van der Waals surface area contributed by atoms with Crippen LogP contribution >= 0.6 is 11.6 Å². The maximum atomic E-state index is 11.3. The van der Waals surface area contributed by atoms with Crippen LogP contribution in [0.4, 0.5) is 23.3 Å². The fourth-order valence-electron chi connectivity index (χ4n) is 2.15. The first-order chi connectivity index (χ1) is 12.0. The van der Waals surface area contributed by atoms with E-state index >= 15 is 0 Å². The lowest BCUT2D eigenvalue weighted by Gasteiger charge is -2.09. The highest BCUT2D eigenvalue weighted by atomic mass is 35.5. The van der Waals surface area contributed by atoms with Crippen LogP contribution in [0.25, 0.3) is 0 Å². The second-order valence-electron chi connectivity index (χ2n) is 5.50. The van der Waals surface area contributed by atoms with Gasteiger partial charge in [0.15, 0.2) is 5.78 Å². The standard InChI is InChI=1S/C18H16ClN5O/c1-11-3-7-14(8-4-11)20-17-22-16(19)23-18(24-17)21-15-9-5-13(6-10-15)12(2)25/h3-10H,1-2H3,(H2,20,21,22,23,24). The summed E-state index contributed by atoms with van der Waals surface area (Å²) in [6.07, 6.45) is 0. The van der Waals surface area contributed by atoms with Gasteiger partial charge >= 0.3 is 0 Å². The molecule has 7 heteroatoms. The van der Waals surface area contributed by atoms with Gasteiger partial charge in [-0.15, -0.1) is 0 Å². The Morgan fingerprint density at radius 3 is 1.80 bits per heavy atom. The Balaban J connectivity index is 1.79. The topological polar surface area (TPSA) is 79.8 Å². The summed E-state index contributed by atoms with van der Waals surface area (Å²) in [7, 11) is 0. The van der Waals surface area contributed by atoms with Crippen molar-refractivity contribution in [3.63, 3.8) is 0 Å². The lowest BCUT2D eigenvalue weighted by molar-refractivity contribution is 0.101. The van der Waals surface area contributed by atoms with Gasteiger partial charge in [-0.3, -0.25) is 4.79 Å². The Bertz CT molecular complexity index is 894. The molecule has 0 atom stereocenters. The van der Waals surface area contributed by atoms with E-state index in [4.69, 9.17) is 11.6 Å². The number of Topliss-reactive ketones (excluding diaryl/α,β-unsaturated/α-hetero) is 1. The molecule has 0 aliphatic heterocycles. The van der Waals surface area contributed by atoms with Crippen molar-refractivity contribution in [2.75, 3.05) is 10.6 Å². The number of aromatic nitrogens is 3. The van der Waals surface area contributed by atoms with Gasteiger partial charge in [-0.25, -0.2) is 0 Å². The number of aryl methyl sites for hydroxylation is 1. The number of nitrogens with zero attached hydrogens (tertiary/aromatic N) is 3. The van der Waals surface area contributed by atoms with Crippen LogP contribution in [0.3, 0.4) is 0 Å². The zero-order valence-electron chi connectivity index (χ0n) is 13.7. The van der Waals surface area contributed by atoms with Gasteiger partial charge in [0.25, 0.3) is 0 Å². The summed E-state index contributed by atoms with van der Waals surface area (Å²) in [4.78, 5) is 23.8. The maximum absolute atomic E-state index is 11.3. The summed E-state index contributed by atoms with van der Waals surface area (Å²) in [6.45, 7) is 3.54. The number of rotatable bonds is 5. The molecule has 0 radical (unpaired) electrons. The van der Waals surface area contributed by atoms with Crippen molar-refractivity contribution in [1.82, 2.24) is 15.0 Å². The Morgan fingerprint density at radius 2 is 1.32 bits per heavy atom. The fourth-order valence-corrected chi connectivity index (χ4v) is 2.31. The number of halogens is 1. The van der Waals surface area contributed by atoms with Gasteiger partial charge in [0.1, 0.15) is 0 Å². The number of carbonyl (C=O) groups excluding carboxylic acids is 1. The second-order valence-corrected chi connectivity index (χ2v) is 5.84. The molecule has 0 aliphatic rings. The quantitative estimate of drug-likeness (QED) is 0.656. The van der Waals surface area contributed by atoms with E-state index in [2.05, 4.69) is 25.6 Å². The van der Waals surface area contributed by atoms with E-state index in [1.807, 2.05) is 31.2 Å². The predicted molar refractivity (Wildman–Crippen MR) is 99.0 cm³/mol. The van der Waals surface area contributed by atoms with E-state index in [-0.39, 0.29) is 11.1 Å². The second kappa shape index (κ2) is 7.27. The SMILES string of the molecule is CC(=O)c1ccc(Nc2nc(Cl)nc(Nc3ccc(C)cc3)n2)cc1. The minimum atomic E-state index is 0.0133. The highest BCUT2D eigenvalue weighted by Crippen LogP contribution is 2.19. The number of ketones is 1. The summed E-state index contributed by atoms with van der Waals surface area (Å²) in [6, 6.07) is 14.9. The van der Waals surface area contributed by atoms with Crippen LogP contribution in [-0.2, 0) is 0 Å². The zero-order chi connectivity index (χ0) is 17.8. The number of carbonyl (C=O) groups is 1. The van der Waals surface area contributed by atoms with Crippen molar-refractivity contribution in [3.05, 3.63) is 64.9 Å². The summed E-state index contributed by atoms with van der Waals surface area (Å²) >= 11 is 5.99. The van der Waals surface area contributed by atoms with Crippen LogP contribution < -0.4 is 10.6 Å². The minimum absolute atomic E-state index is 0.0133. The Morgan fingerprint density at radius 1 is 0.840 bits per heavy atom. The van der Waals surface area contributed by atoms with Crippen LogP contribution in [-0.4, -0.2) is 20.7 Å². The van der Waals surface area contributed by atoms with Gasteiger partial charge in [0.2, 0.25) is 17.2 Å². The lowest BCUT2D eigenvalue weighted by atomic mass is 10.1. The van der Waals surface area contributed by atoms with E-state index in [9.17, 15) is 4.79 Å². The number of hydrogen-bond acceptors (Lipinski definition) is 6. The molecule has 2 aromatic carbocycles. The maximum Gasteiger partial charge on any atom is 0.233 e. The molecular weight excluding hydrogens is 338 g/mol. The van der Waals surface area contributed by atoms with E-state index in [0.717, 1.165) is 16.9 Å². The molecule has 0 amide bonds. The van der Waals surface area contributed by atoms with E-state index in [0.29, 0.717) is 17.5 Å². The molecule has 0 fully saturated rings.